The van der Waals surface area contributed by atoms with Gasteiger partial charge in [-0.2, -0.15) is 13.2 Å². The van der Waals surface area contributed by atoms with E-state index < -0.39 is 24.5 Å². The highest BCUT2D eigenvalue weighted by Crippen LogP contribution is 2.20. The van der Waals surface area contributed by atoms with Gasteiger partial charge in [0.25, 0.3) is 0 Å². The Morgan fingerprint density at radius 3 is 2.22 bits per heavy atom. The molecule has 1 N–H and O–H groups in total. The van der Waals surface area contributed by atoms with Crippen molar-refractivity contribution in [2.45, 2.75) is 12.6 Å². The van der Waals surface area contributed by atoms with Gasteiger partial charge in [-0.1, -0.05) is 0 Å². The van der Waals surface area contributed by atoms with Crippen molar-refractivity contribution >= 4 is 17.6 Å². The smallest absolute Gasteiger partial charge is 0.397 e. The Morgan fingerprint density at radius 1 is 1.22 bits per heavy atom. The molecule has 1 aromatic rings. The van der Waals surface area contributed by atoms with E-state index in [0.717, 1.165) is 0 Å². The Bertz CT molecular complexity index is 440. The first-order chi connectivity index (χ1) is 8.31. The molecule has 1 amide bonds. The zero-order valence-electron chi connectivity index (χ0n) is 9.38. The summed E-state index contributed by atoms with van der Waals surface area (Å²) in [7, 11) is 1.21. The molecular formula is C11H10F3NO3. The van der Waals surface area contributed by atoms with Crippen LogP contribution in [0.4, 0.5) is 18.9 Å². The lowest BCUT2D eigenvalue weighted by Gasteiger charge is -2.08. The molecule has 0 bridgehead atoms. The number of hydrogen-bond donors (Lipinski definition) is 1. The molecule has 0 aromatic heterocycles. The molecule has 1 aromatic carbocycles. The number of alkyl halides is 3. The van der Waals surface area contributed by atoms with Crippen molar-refractivity contribution in [2.24, 2.45) is 0 Å². The van der Waals surface area contributed by atoms with Crippen LogP contribution in [-0.4, -0.2) is 25.2 Å². The number of nitrogens with one attached hydrogen (secondary N) is 1. The number of halogens is 3. The van der Waals surface area contributed by atoms with Gasteiger partial charge in [-0.15, -0.1) is 0 Å². The van der Waals surface area contributed by atoms with E-state index in [4.69, 9.17) is 0 Å². The van der Waals surface area contributed by atoms with E-state index in [0.29, 0.717) is 0 Å². The maximum atomic E-state index is 11.9. The van der Waals surface area contributed by atoms with Gasteiger partial charge in [-0.05, 0) is 24.3 Å². The summed E-state index contributed by atoms with van der Waals surface area (Å²) < 4.78 is 40.2. The van der Waals surface area contributed by atoms with Crippen LogP contribution in [0.15, 0.2) is 24.3 Å². The van der Waals surface area contributed by atoms with Gasteiger partial charge in [0.15, 0.2) is 0 Å². The van der Waals surface area contributed by atoms with Crippen LogP contribution in [0.2, 0.25) is 0 Å². The minimum atomic E-state index is -4.55. The zero-order valence-corrected chi connectivity index (χ0v) is 9.38. The van der Waals surface area contributed by atoms with Crippen molar-refractivity contribution in [2.75, 3.05) is 12.4 Å². The molecule has 98 valence electrons. The molecule has 0 aliphatic rings. The molecule has 4 nitrogen and oxygen atoms in total. The van der Waals surface area contributed by atoms with Crippen LogP contribution in [0.1, 0.15) is 16.8 Å². The van der Waals surface area contributed by atoms with E-state index in [1.165, 1.54) is 31.4 Å². The molecule has 7 heteroatoms. The summed E-state index contributed by atoms with van der Waals surface area (Å²) in [4.78, 5) is 22.1. The molecule has 1 rings (SSSR count). The average molecular weight is 261 g/mol. The summed E-state index contributed by atoms with van der Waals surface area (Å²) >= 11 is 0. The van der Waals surface area contributed by atoms with Crippen LogP contribution in [-0.2, 0) is 9.53 Å². The van der Waals surface area contributed by atoms with Crippen LogP contribution < -0.4 is 5.32 Å². The fourth-order valence-electron chi connectivity index (χ4n) is 1.19. The van der Waals surface area contributed by atoms with E-state index >= 15 is 0 Å². The summed E-state index contributed by atoms with van der Waals surface area (Å²) in [5, 5.41) is 2.07. The van der Waals surface area contributed by atoms with E-state index in [1.807, 2.05) is 0 Å². The Hall–Kier alpha value is -2.05. The van der Waals surface area contributed by atoms with Crippen molar-refractivity contribution in [3.63, 3.8) is 0 Å². The minimum absolute atomic E-state index is 0.178. The Balaban J connectivity index is 2.64. The zero-order chi connectivity index (χ0) is 13.8. The first-order valence-corrected chi connectivity index (χ1v) is 4.87. The lowest BCUT2D eigenvalue weighted by molar-refractivity contribution is -0.150. The molecule has 0 atom stereocenters. The number of anilines is 1. The predicted molar refractivity (Wildman–Crippen MR) is 57.1 cm³/mol. The summed E-state index contributed by atoms with van der Waals surface area (Å²) in [5.41, 5.74) is 0.420. The maximum absolute atomic E-state index is 11.9. The monoisotopic (exact) mass is 261 g/mol. The third-order valence-electron chi connectivity index (χ3n) is 1.95. The van der Waals surface area contributed by atoms with Gasteiger partial charge in [0.05, 0.1) is 12.7 Å². The minimum Gasteiger partial charge on any atom is -0.465 e. The van der Waals surface area contributed by atoms with Gasteiger partial charge in [-0.3, -0.25) is 4.79 Å². The second-order valence-corrected chi connectivity index (χ2v) is 3.41. The van der Waals surface area contributed by atoms with Crippen LogP contribution >= 0.6 is 0 Å². The normalized spacial score (nSPS) is 10.9. The van der Waals surface area contributed by atoms with E-state index in [-0.39, 0.29) is 11.3 Å². The Morgan fingerprint density at radius 2 is 1.78 bits per heavy atom. The standard InChI is InChI=1S/C11H10F3NO3/c1-18-10(17)7-2-4-8(5-3-7)15-9(16)6-11(12,13)14/h2-5H,6H2,1H3,(H,15,16). The molecular weight excluding hydrogens is 251 g/mol. The number of amides is 1. The van der Waals surface area contributed by atoms with E-state index in [2.05, 4.69) is 10.1 Å². The highest BCUT2D eigenvalue weighted by molar-refractivity contribution is 5.93. The molecule has 0 saturated carbocycles. The summed E-state index contributed by atoms with van der Waals surface area (Å²) in [5.74, 6) is -1.73. The largest absolute Gasteiger partial charge is 0.465 e. The van der Waals surface area contributed by atoms with Crippen LogP contribution in [0.3, 0.4) is 0 Å². The third kappa shape index (κ3) is 4.44. The molecule has 0 unspecified atom stereocenters. The second-order valence-electron chi connectivity index (χ2n) is 3.41. The Kier molecular flexibility index (Phi) is 4.30. The first kappa shape index (κ1) is 14.0. The molecule has 0 saturated heterocycles. The fraction of sp³-hybridized carbons (Fsp3) is 0.273. The highest BCUT2D eigenvalue weighted by Gasteiger charge is 2.31. The van der Waals surface area contributed by atoms with Gasteiger partial charge in [0.2, 0.25) is 5.91 Å². The highest BCUT2D eigenvalue weighted by atomic mass is 19.4. The number of carbonyl (C=O) groups is 2. The number of benzene rings is 1. The van der Waals surface area contributed by atoms with Crippen LogP contribution in [0, 0.1) is 0 Å². The molecule has 0 fully saturated rings. The third-order valence-corrected chi connectivity index (χ3v) is 1.95. The van der Waals surface area contributed by atoms with E-state index in [1.54, 1.807) is 0 Å². The fourth-order valence-corrected chi connectivity index (χ4v) is 1.19. The predicted octanol–water partition coefficient (Wildman–Crippen LogP) is 2.36. The second kappa shape index (κ2) is 5.52. The van der Waals surface area contributed by atoms with Gasteiger partial charge in [0.1, 0.15) is 6.42 Å². The number of rotatable bonds is 3. The topological polar surface area (TPSA) is 55.4 Å². The lowest BCUT2D eigenvalue weighted by Crippen LogP contribution is -2.21. The average Bonchev–Trinajstić information content (AvgIpc) is 2.26. The maximum Gasteiger partial charge on any atom is 0.397 e. The summed E-state index contributed by atoms with van der Waals surface area (Å²) in [6.45, 7) is 0. The van der Waals surface area contributed by atoms with Gasteiger partial charge in [0, 0.05) is 5.69 Å². The first-order valence-electron chi connectivity index (χ1n) is 4.87. The quantitative estimate of drug-likeness (QED) is 0.850. The molecule has 0 aliphatic carbocycles. The SMILES string of the molecule is COC(=O)c1ccc(NC(=O)CC(F)(F)F)cc1. The van der Waals surface area contributed by atoms with Crippen molar-refractivity contribution in [3.05, 3.63) is 29.8 Å². The summed E-state index contributed by atoms with van der Waals surface area (Å²) in [6, 6.07) is 5.32. The van der Waals surface area contributed by atoms with Gasteiger partial charge < -0.3 is 10.1 Å². The molecule has 18 heavy (non-hydrogen) atoms. The number of esters is 1. The van der Waals surface area contributed by atoms with Crippen molar-refractivity contribution in [1.29, 1.82) is 0 Å². The molecule has 0 spiro atoms. The van der Waals surface area contributed by atoms with Gasteiger partial charge in [-0.25, -0.2) is 4.79 Å². The van der Waals surface area contributed by atoms with Crippen LogP contribution in [0.25, 0.3) is 0 Å². The van der Waals surface area contributed by atoms with Crippen molar-refractivity contribution in [1.82, 2.24) is 0 Å². The Labute approximate surface area is 101 Å². The van der Waals surface area contributed by atoms with Crippen LogP contribution in [0.5, 0.6) is 0 Å². The molecule has 0 aliphatic heterocycles. The van der Waals surface area contributed by atoms with E-state index in [9.17, 15) is 22.8 Å². The number of methoxy groups -OCH3 is 1. The number of hydrogen-bond acceptors (Lipinski definition) is 3. The lowest BCUT2D eigenvalue weighted by atomic mass is 10.2. The summed E-state index contributed by atoms with van der Waals surface area (Å²) in [6.07, 6.45) is -6.10. The molecule has 0 radical (unpaired) electrons. The van der Waals surface area contributed by atoms with Gasteiger partial charge >= 0.3 is 12.1 Å². The number of carbonyl (C=O) groups excluding carboxylic acids is 2. The number of ether oxygens (including phenoxy) is 1. The van der Waals surface area contributed by atoms with Crippen molar-refractivity contribution < 1.29 is 27.5 Å². The van der Waals surface area contributed by atoms with Crippen molar-refractivity contribution in [3.8, 4) is 0 Å². The molecule has 0 heterocycles.